The zero-order valence-electron chi connectivity index (χ0n) is 14.8. The molecule has 2 N–H and O–H groups in total. The van der Waals surface area contributed by atoms with Crippen molar-refractivity contribution in [1.82, 2.24) is 10.2 Å². The molecule has 0 spiro atoms. The van der Waals surface area contributed by atoms with Gasteiger partial charge >= 0.3 is 0 Å². The molecule has 4 nitrogen and oxygen atoms in total. The Morgan fingerprint density at radius 1 is 1.32 bits per heavy atom. The van der Waals surface area contributed by atoms with E-state index in [-0.39, 0.29) is 23.5 Å². The molecule has 0 bridgehead atoms. The molecule has 0 aromatic heterocycles. The predicted molar refractivity (Wildman–Crippen MR) is 89.6 cm³/mol. The molecule has 3 unspecified atom stereocenters. The number of nitrogens with zero attached hydrogens (tertiary/aromatic N) is 1. The third-order valence-electron chi connectivity index (χ3n) is 4.91. The lowest BCUT2D eigenvalue weighted by molar-refractivity contribution is -0.129. The minimum atomic E-state index is -0.337. The van der Waals surface area contributed by atoms with Gasteiger partial charge in [0.2, 0.25) is 5.91 Å². The first-order chi connectivity index (χ1) is 10.3. The lowest BCUT2D eigenvalue weighted by Crippen LogP contribution is -2.53. The number of nitrogens with one attached hydrogen (secondary N) is 1. The molecule has 0 aromatic carbocycles. The number of carbonyl (C=O) groups is 1. The van der Waals surface area contributed by atoms with Gasteiger partial charge in [-0.1, -0.05) is 27.7 Å². The maximum atomic E-state index is 12.3. The summed E-state index contributed by atoms with van der Waals surface area (Å²) in [6.07, 6.45) is 5.29. The van der Waals surface area contributed by atoms with Crippen LogP contribution in [0.15, 0.2) is 0 Å². The summed E-state index contributed by atoms with van der Waals surface area (Å²) in [6, 6.07) is 0.225. The van der Waals surface area contributed by atoms with Gasteiger partial charge in [-0.25, -0.2) is 0 Å². The van der Waals surface area contributed by atoms with Gasteiger partial charge in [-0.15, -0.1) is 0 Å². The molecule has 3 atom stereocenters. The molecule has 1 heterocycles. The largest absolute Gasteiger partial charge is 0.393 e. The second-order valence-electron chi connectivity index (χ2n) is 8.42. The minimum Gasteiger partial charge on any atom is -0.393 e. The molecule has 22 heavy (non-hydrogen) atoms. The van der Waals surface area contributed by atoms with Crippen LogP contribution in [0.2, 0.25) is 0 Å². The van der Waals surface area contributed by atoms with E-state index >= 15 is 0 Å². The number of piperidine rings is 1. The second-order valence-corrected chi connectivity index (χ2v) is 8.42. The van der Waals surface area contributed by atoms with Crippen LogP contribution in [0.4, 0.5) is 0 Å². The maximum Gasteiger partial charge on any atom is 0.225 e. The summed E-state index contributed by atoms with van der Waals surface area (Å²) in [5.41, 5.74) is -0.337. The average Bonchev–Trinajstić information content (AvgIpc) is 3.21. The number of likely N-dealkylation sites (tertiary alicyclic amines) is 1. The topological polar surface area (TPSA) is 52.6 Å². The number of rotatable bonds is 6. The summed E-state index contributed by atoms with van der Waals surface area (Å²) in [6.45, 7) is 11.2. The highest BCUT2D eigenvalue weighted by molar-refractivity contribution is 5.81. The monoisotopic (exact) mass is 310 g/mol. The van der Waals surface area contributed by atoms with Crippen LogP contribution in [0.25, 0.3) is 0 Å². The van der Waals surface area contributed by atoms with E-state index < -0.39 is 0 Å². The predicted octanol–water partition coefficient (Wildman–Crippen LogP) is 2.41. The Balaban J connectivity index is 1.91. The van der Waals surface area contributed by atoms with Gasteiger partial charge in [0, 0.05) is 24.5 Å². The molecule has 128 valence electrons. The first-order valence-corrected chi connectivity index (χ1v) is 9.01. The Morgan fingerprint density at radius 3 is 2.55 bits per heavy atom. The van der Waals surface area contributed by atoms with E-state index in [0.29, 0.717) is 11.8 Å². The first kappa shape index (κ1) is 17.7. The summed E-state index contributed by atoms with van der Waals surface area (Å²) in [4.78, 5) is 14.7. The number of aliphatic hydroxyl groups excluding tert-OH is 1. The zero-order valence-corrected chi connectivity index (χ0v) is 14.8. The number of aliphatic hydroxyl groups is 1. The van der Waals surface area contributed by atoms with Crippen molar-refractivity contribution in [3.8, 4) is 0 Å². The standard InChI is InChI=1S/C18H34N2O2/c1-5-8-20-11-13(10-16(21)14-6-7-14)9-15(12-20)19-17(22)18(2,3)4/h13-16,21H,5-12H2,1-4H3,(H,19,22). The molecule has 2 rings (SSSR count). The van der Waals surface area contributed by atoms with Crippen LogP contribution in [-0.2, 0) is 4.79 Å². The Labute approximate surface area is 135 Å². The number of hydrogen-bond acceptors (Lipinski definition) is 3. The highest BCUT2D eigenvalue weighted by atomic mass is 16.3. The van der Waals surface area contributed by atoms with Crippen molar-refractivity contribution in [2.75, 3.05) is 19.6 Å². The fourth-order valence-corrected chi connectivity index (χ4v) is 3.49. The average molecular weight is 310 g/mol. The maximum absolute atomic E-state index is 12.3. The summed E-state index contributed by atoms with van der Waals surface area (Å²) >= 11 is 0. The van der Waals surface area contributed by atoms with E-state index in [1.54, 1.807) is 0 Å². The normalized spacial score (nSPS) is 28.4. The minimum absolute atomic E-state index is 0.134. The van der Waals surface area contributed by atoms with Gasteiger partial charge < -0.3 is 15.3 Å². The Hall–Kier alpha value is -0.610. The summed E-state index contributed by atoms with van der Waals surface area (Å²) < 4.78 is 0. The fourth-order valence-electron chi connectivity index (χ4n) is 3.49. The molecular weight excluding hydrogens is 276 g/mol. The lowest BCUT2D eigenvalue weighted by Gasteiger charge is -2.39. The third-order valence-corrected chi connectivity index (χ3v) is 4.91. The molecule has 2 fully saturated rings. The first-order valence-electron chi connectivity index (χ1n) is 9.01. The van der Waals surface area contributed by atoms with E-state index in [4.69, 9.17) is 0 Å². The lowest BCUT2D eigenvalue weighted by atomic mass is 9.87. The summed E-state index contributed by atoms with van der Waals surface area (Å²) in [5, 5.41) is 13.5. The van der Waals surface area contributed by atoms with E-state index in [2.05, 4.69) is 17.1 Å². The van der Waals surface area contributed by atoms with Crippen molar-refractivity contribution in [2.45, 2.75) is 71.9 Å². The number of carbonyl (C=O) groups excluding carboxylic acids is 1. The molecule has 1 aliphatic carbocycles. The van der Waals surface area contributed by atoms with Gasteiger partial charge in [-0.3, -0.25) is 4.79 Å². The molecule has 0 aromatic rings. The Bertz CT molecular complexity index is 374. The molecule has 4 heteroatoms. The van der Waals surface area contributed by atoms with Gasteiger partial charge in [0.15, 0.2) is 0 Å². The van der Waals surface area contributed by atoms with Crippen LogP contribution in [0, 0.1) is 17.3 Å². The van der Waals surface area contributed by atoms with E-state index in [0.717, 1.165) is 38.9 Å². The van der Waals surface area contributed by atoms with E-state index in [1.165, 1.54) is 12.8 Å². The quantitative estimate of drug-likeness (QED) is 0.792. The second kappa shape index (κ2) is 7.31. The van der Waals surface area contributed by atoms with Crippen LogP contribution >= 0.6 is 0 Å². The molecule has 1 saturated carbocycles. The van der Waals surface area contributed by atoms with Crippen molar-refractivity contribution in [3.63, 3.8) is 0 Å². The van der Waals surface area contributed by atoms with Crippen molar-refractivity contribution in [3.05, 3.63) is 0 Å². The van der Waals surface area contributed by atoms with Gasteiger partial charge in [0.05, 0.1) is 6.10 Å². The molecular formula is C18H34N2O2. The molecule has 1 saturated heterocycles. The van der Waals surface area contributed by atoms with Gasteiger partial charge in [-0.2, -0.15) is 0 Å². The zero-order chi connectivity index (χ0) is 16.3. The van der Waals surface area contributed by atoms with Crippen LogP contribution in [-0.4, -0.2) is 47.7 Å². The SMILES string of the molecule is CCCN1CC(CC(O)C2CC2)CC(NC(=O)C(C)(C)C)C1. The highest BCUT2D eigenvalue weighted by Gasteiger charge is 2.35. The van der Waals surface area contributed by atoms with Gasteiger partial charge in [0.1, 0.15) is 0 Å². The fraction of sp³-hybridized carbons (Fsp3) is 0.944. The van der Waals surface area contributed by atoms with Crippen molar-refractivity contribution in [1.29, 1.82) is 0 Å². The summed E-state index contributed by atoms with van der Waals surface area (Å²) in [7, 11) is 0. The van der Waals surface area contributed by atoms with Crippen molar-refractivity contribution < 1.29 is 9.90 Å². The van der Waals surface area contributed by atoms with E-state index in [1.807, 2.05) is 20.8 Å². The Kier molecular flexibility index (Phi) is 5.89. The van der Waals surface area contributed by atoms with Crippen LogP contribution < -0.4 is 5.32 Å². The molecule has 1 aliphatic heterocycles. The third kappa shape index (κ3) is 5.24. The van der Waals surface area contributed by atoms with E-state index in [9.17, 15) is 9.90 Å². The molecule has 2 aliphatic rings. The number of amides is 1. The summed E-state index contributed by atoms with van der Waals surface area (Å²) in [5.74, 6) is 1.18. The van der Waals surface area contributed by atoms with Crippen LogP contribution in [0.5, 0.6) is 0 Å². The Morgan fingerprint density at radius 2 is 2.00 bits per heavy atom. The van der Waals surface area contributed by atoms with Crippen LogP contribution in [0.3, 0.4) is 0 Å². The van der Waals surface area contributed by atoms with Crippen LogP contribution in [0.1, 0.15) is 59.8 Å². The van der Waals surface area contributed by atoms with Crippen molar-refractivity contribution >= 4 is 5.91 Å². The smallest absolute Gasteiger partial charge is 0.225 e. The number of hydrogen-bond donors (Lipinski definition) is 2. The van der Waals surface area contributed by atoms with Gasteiger partial charge in [0.25, 0.3) is 0 Å². The highest BCUT2D eigenvalue weighted by Crippen LogP contribution is 2.36. The molecule has 0 radical (unpaired) electrons. The van der Waals surface area contributed by atoms with Crippen molar-refractivity contribution in [2.24, 2.45) is 17.3 Å². The van der Waals surface area contributed by atoms with Gasteiger partial charge in [-0.05, 0) is 50.5 Å². The molecule has 1 amide bonds.